The number of imidazole rings is 1. The molecule has 5 heteroatoms. The number of hydrogen-bond acceptors (Lipinski definition) is 4. The first-order chi connectivity index (χ1) is 7.38. The van der Waals surface area contributed by atoms with E-state index in [1.807, 2.05) is 6.92 Å². The fourth-order valence-electron chi connectivity index (χ4n) is 1.21. The van der Waals surface area contributed by atoms with E-state index >= 15 is 0 Å². The minimum Gasteiger partial charge on any atom is -0.382 e. The second kappa shape index (κ2) is 6.98. The van der Waals surface area contributed by atoms with Crippen molar-refractivity contribution < 1.29 is 4.74 Å². The lowest BCUT2D eigenvalue weighted by atomic mass is 10.2. The van der Waals surface area contributed by atoms with Crippen LogP contribution in [0.15, 0.2) is 12.5 Å². The Kier molecular flexibility index (Phi) is 5.44. The van der Waals surface area contributed by atoms with E-state index in [0.717, 1.165) is 31.9 Å². The molecule has 0 amide bonds. The number of nitrogens with one attached hydrogen (secondary N) is 2. The highest BCUT2D eigenvalue weighted by Crippen LogP contribution is 2.06. The molecule has 2 N–H and O–H groups in total. The molecular weight excluding hydrogens is 192 g/mol. The van der Waals surface area contributed by atoms with E-state index in [0.29, 0.717) is 0 Å². The number of H-pyrrole nitrogens is 1. The van der Waals surface area contributed by atoms with Crippen LogP contribution in [0.2, 0.25) is 0 Å². The van der Waals surface area contributed by atoms with Crippen LogP contribution in [0.25, 0.3) is 0 Å². The predicted octanol–water partition coefficient (Wildman–Crippen LogP) is 0.991. The minimum absolute atomic E-state index is 0.311. The van der Waals surface area contributed by atoms with Crippen LogP contribution < -0.4 is 5.32 Å². The number of aromatic amines is 1. The van der Waals surface area contributed by atoms with Crippen molar-refractivity contribution in [2.75, 3.05) is 19.8 Å². The Morgan fingerprint density at radius 2 is 2.60 bits per heavy atom. The van der Waals surface area contributed by atoms with Crippen molar-refractivity contribution >= 4 is 0 Å². The van der Waals surface area contributed by atoms with E-state index in [-0.39, 0.29) is 6.04 Å². The van der Waals surface area contributed by atoms with Gasteiger partial charge in [-0.05, 0) is 19.9 Å². The van der Waals surface area contributed by atoms with Crippen molar-refractivity contribution in [1.82, 2.24) is 15.3 Å². The third-order valence-corrected chi connectivity index (χ3v) is 1.98. The van der Waals surface area contributed by atoms with E-state index in [9.17, 15) is 0 Å². The van der Waals surface area contributed by atoms with Crippen LogP contribution >= 0.6 is 0 Å². The molecule has 5 nitrogen and oxygen atoms in total. The first-order valence-corrected chi connectivity index (χ1v) is 5.07. The molecule has 1 aromatic heterocycles. The number of rotatable bonds is 7. The molecule has 1 rings (SSSR count). The van der Waals surface area contributed by atoms with Crippen LogP contribution in [0.3, 0.4) is 0 Å². The molecule has 0 aliphatic carbocycles. The van der Waals surface area contributed by atoms with Gasteiger partial charge in [0.2, 0.25) is 0 Å². The van der Waals surface area contributed by atoms with Gasteiger partial charge in [0.15, 0.2) is 0 Å². The van der Waals surface area contributed by atoms with E-state index in [1.54, 1.807) is 12.5 Å². The van der Waals surface area contributed by atoms with Crippen molar-refractivity contribution in [2.45, 2.75) is 19.4 Å². The van der Waals surface area contributed by atoms with Gasteiger partial charge in [0.1, 0.15) is 6.04 Å². The maximum Gasteiger partial charge on any atom is 0.137 e. The summed E-state index contributed by atoms with van der Waals surface area (Å²) >= 11 is 0. The Morgan fingerprint density at radius 1 is 1.73 bits per heavy atom. The number of nitrogens with zero attached hydrogens (tertiary/aromatic N) is 2. The van der Waals surface area contributed by atoms with Crippen molar-refractivity contribution in [3.05, 3.63) is 18.2 Å². The lowest BCUT2D eigenvalue weighted by Gasteiger charge is -2.09. The number of aromatic nitrogens is 2. The van der Waals surface area contributed by atoms with Gasteiger partial charge in [-0.15, -0.1) is 0 Å². The summed E-state index contributed by atoms with van der Waals surface area (Å²) in [6, 6.07) is 1.86. The standard InChI is InChI=1S/C10H16N4O/c1-2-15-5-3-4-13-9(6-11)10-7-12-8-14-10/h7-9,13H,2-5H2,1H3,(H,12,14). The van der Waals surface area contributed by atoms with Gasteiger partial charge in [0.25, 0.3) is 0 Å². The Morgan fingerprint density at radius 3 is 3.20 bits per heavy atom. The smallest absolute Gasteiger partial charge is 0.137 e. The molecule has 82 valence electrons. The van der Waals surface area contributed by atoms with Crippen LogP contribution in [0.5, 0.6) is 0 Å². The van der Waals surface area contributed by atoms with Crippen LogP contribution in [0.1, 0.15) is 25.1 Å². The van der Waals surface area contributed by atoms with Gasteiger partial charge in [0, 0.05) is 13.2 Å². The third-order valence-electron chi connectivity index (χ3n) is 1.98. The van der Waals surface area contributed by atoms with E-state index in [1.165, 1.54) is 0 Å². The summed E-state index contributed by atoms with van der Waals surface area (Å²) in [4.78, 5) is 6.79. The average molecular weight is 208 g/mol. The Bertz CT molecular complexity index is 291. The minimum atomic E-state index is -0.311. The molecule has 15 heavy (non-hydrogen) atoms. The lowest BCUT2D eigenvalue weighted by molar-refractivity contribution is 0.144. The molecule has 0 fully saturated rings. The number of ether oxygens (including phenoxy) is 1. The van der Waals surface area contributed by atoms with Gasteiger partial charge in [-0.1, -0.05) is 0 Å². The summed E-state index contributed by atoms with van der Waals surface area (Å²) < 4.78 is 5.20. The molecule has 1 aromatic rings. The fraction of sp³-hybridized carbons (Fsp3) is 0.600. The molecule has 1 atom stereocenters. The monoisotopic (exact) mass is 208 g/mol. The highest BCUT2D eigenvalue weighted by Gasteiger charge is 2.09. The molecule has 0 bridgehead atoms. The normalized spacial score (nSPS) is 12.3. The van der Waals surface area contributed by atoms with Crippen LogP contribution in [0.4, 0.5) is 0 Å². The van der Waals surface area contributed by atoms with Crippen molar-refractivity contribution in [3.63, 3.8) is 0 Å². The molecule has 1 heterocycles. The molecule has 0 radical (unpaired) electrons. The van der Waals surface area contributed by atoms with Crippen LogP contribution in [0, 0.1) is 11.3 Å². The second-order valence-electron chi connectivity index (χ2n) is 3.07. The Balaban J connectivity index is 2.22. The van der Waals surface area contributed by atoms with Gasteiger partial charge < -0.3 is 9.72 Å². The van der Waals surface area contributed by atoms with Gasteiger partial charge >= 0.3 is 0 Å². The molecular formula is C10H16N4O. The highest BCUT2D eigenvalue weighted by molar-refractivity contribution is 5.11. The number of hydrogen-bond donors (Lipinski definition) is 2. The van der Waals surface area contributed by atoms with E-state index < -0.39 is 0 Å². The Hall–Kier alpha value is -1.38. The summed E-state index contributed by atoms with van der Waals surface area (Å²) in [6.45, 7) is 4.19. The van der Waals surface area contributed by atoms with Gasteiger partial charge in [0.05, 0.1) is 24.3 Å². The average Bonchev–Trinajstić information content (AvgIpc) is 2.77. The van der Waals surface area contributed by atoms with E-state index in [4.69, 9.17) is 10.00 Å². The summed E-state index contributed by atoms with van der Waals surface area (Å²) in [5.74, 6) is 0. The maximum absolute atomic E-state index is 8.91. The van der Waals surface area contributed by atoms with Crippen molar-refractivity contribution in [2.24, 2.45) is 0 Å². The maximum atomic E-state index is 8.91. The summed E-state index contributed by atoms with van der Waals surface area (Å²) in [5, 5.41) is 12.0. The summed E-state index contributed by atoms with van der Waals surface area (Å²) in [5.41, 5.74) is 0.800. The summed E-state index contributed by atoms with van der Waals surface area (Å²) in [6.07, 6.45) is 4.13. The molecule has 0 spiro atoms. The molecule has 1 unspecified atom stereocenters. The zero-order valence-corrected chi connectivity index (χ0v) is 8.86. The van der Waals surface area contributed by atoms with E-state index in [2.05, 4.69) is 21.4 Å². The highest BCUT2D eigenvalue weighted by atomic mass is 16.5. The molecule has 0 aliphatic heterocycles. The quantitative estimate of drug-likeness (QED) is 0.655. The van der Waals surface area contributed by atoms with Crippen LogP contribution in [-0.2, 0) is 4.74 Å². The number of nitriles is 1. The second-order valence-corrected chi connectivity index (χ2v) is 3.07. The first-order valence-electron chi connectivity index (χ1n) is 5.07. The predicted molar refractivity (Wildman–Crippen MR) is 56.1 cm³/mol. The van der Waals surface area contributed by atoms with Gasteiger partial charge in [-0.3, -0.25) is 5.32 Å². The van der Waals surface area contributed by atoms with Gasteiger partial charge in [-0.2, -0.15) is 5.26 Å². The zero-order chi connectivity index (χ0) is 10.9. The van der Waals surface area contributed by atoms with Crippen molar-refractivity contribution in [1.29, 1.82) is 5.26 Å². The Labute approximate surface area is 89.5 Å². The fourth-order valence-corrected chi connectivity index (χ4v) is 1.21. The molecule has 0 aromatic carbocycles. The first kappa shape index (κ1) is 11.7. The largest absolute Gasteiger partial charge is 0.382 e. The molecule has 0 saturated heterocycles. The third kappa shape index (κ3) is 4.11. The summed E-state index contributed by atoms with van der Waals surface area (Å²) in [7, 11) is 0. The lowest BCUT2D eigenvalue weighted by Crippen LogP contribution is -2.22. The topological polar surface area (TPSA) is 73.7 Å². The SMILES string of the molecule is CCOCCCNC(C#N)c1cnc[nH]1. The van der Waals surface area contributed by atoms with Crippen LogP contribution in [-0.4, -0.2) is 29.7 Å². The molecule has 0 saturated carbocycles. The molecule has 0 aliphatic rings. The zero-order valence-electron chi connectivity index (χ0n) is 8.86. The van der Waals surface area contributed by atoms with Crippen molar-refractivity contribution in [3.8, 4) is 6.07 Å². The van der Waals surface area contributed by atoms with Gasteiger partial charge in [-0.25, -0.2) is 4.98 Å².